The lowest BCUT2D eigenvalue weighted by molar-refractivity contribution is 0.0834. The first kappa shape index (κ1) is 19.0. The molecule has 0 radical (unpaired) electrons. The number of ether oxygens (including phenoxy) is 2. The van der Waals surface area contributed by atoms with Gasteiger partial charge in [0.1, 0.15) is 5.75 Å². The van der Waals surface area contributed by atoms with Gasteiger partial charge in [0.15, 0.2) is 11.5 Å². The number of hydrogen-bond donors (Lipinski definition) is 0. The Bertz CT molecular complexity index is 997. The summed E-state index contributed by atoms with van der Waals surface area (Å²) in [7, 11) is 1.65. The molecule has 1 saturated carbocycles. The third-order valence-electron chi connectivity index (χ3n) is 6.19. The molecular weight excluding hydrogens is 382 g/mol. The molecule has 0 saturated heterocycles. The normalized spacial score (nSPS) is 22.0. The van der Waals surface area contributed by atoms with Crippen molar-refractivity contribution in [2.75, 3.05) is 25.2 Å². The number of rotatable bonds is 6. The highest BCUT2D eigenvalue weighted by Crippen LogP contribution is 2.42. The standard InChI is InChI=1S/C22H27N5O3/c1-4-25-20(28)18-19(27-17-8-6-7-16(17)23-21(25)27)24-22(30-5-2)26(18)13-14-9-11-15(29-3)12-10-14/h9-12,16-17H,4-8,13H2,1-3H3/t16-,17+/m1/s1. The van der Waals surface area contributed by atoms with Crippen molar-refractivity contribution in [3.8, 4) is 11.8 Å². The number of carbonyl (C=O) groups excluding carboxylic acids is 1. The van der Waals surface area contributed by atoms with E-state index < -0.39 is 0 Å². The topological polar surface area (TPSA) is 72.2 Å². The Labute approximate surface area is 176 Å². The summed E-state index contributed by atoms with van der Waals surface area (Å²) < 4.78 is 13.0. The molecule has 2 atom stereocenters. The number of fused-ring (bicyclic) bond motifs is 5. The molecule has 0 spiro atoms. The zero-order valence-corrected chi connectivity index (χ0v) is 17.7. The fraction of sp³-hybridized carbons (Fsp3) is 0.500. The van der Waals surface area contributed by atoms with Crippen LogP contribution in [0.25, 0.3) is 0 Å². The molecule has 1 aromatic heterocycles. The molecule has 8 heteroatoms. The van der Waals surface area contributed by atoms with E-state index in [-0.39, 0.29) is 18.0 Å². The van der Waals surface area contributed by atoms with Gasteiger partial charge in [-0.1, -0.05) is 12.1 Å². The summed E-state index contributed by atoms with van der Waals surface area (Å²) >= 11 is 0. The van der Waals surface area contributed by atoms with Gasteiger partial charge < -0.3 is 9.47 Å². The quantitative estimate of drug-likeness (QED) is 0.734. The van der Waals surface area contributed by atoms with Crippen LogP contribution in [0, 0.1) is 0 Å². The molecule has 158 valence electrons. The van der Waals surface area contributed by atoms with Gasteiger partial charge in [-0.05, 0) is 50.8 Å². The zero-order valence-electron chi connectivity index (χ0n) is 17.7. The highest BCUT2D eigenvalue weighted by atomic mass is 16.5. The SMILES string of the molecule is CCOc1nc2c(n1Cc1ccc(OC)cc1)C(=O)N(CC)C1=N[C@@H]3CCC[C@@H]3N12. The summed E-state index contributed by atoms with van der Waals surface area (Å²) in [6, 6.07) is 8.85. The van der Waals surface area contributed by atoms with Crippen molar-refractivity contribution >= 4 is 17.7 Å². The predicted molar refractivity (Wildman–Crippen MR) is 114 cm³/mol. The number of nitrogens with zero attached hydrogens (tertiary/aromatic N) is 5. The van der Waals surface area contributed by atoms with Crippen LogP contribution in [0.15, 0.2) is 29.3 Å². The summed E-state index contributed by atoms with van der Waals surface area (Å²) in [4.78, 5) is 27.2. The zero-order chi connectivity index (χ0) is 20.8. The van der Waals surface area contributed by atoms with Gasteiger partial charge in [-0.3, -0.25) is 19.2 Å². The predicted octanol–water partition coefficient (Wildman–Crippen LogP) is 2.91. The molecule has 0 unspecified atom stereocenters. The summed E-state index contributed by atoms with van der Waals surface area (Å²) in [5.74, 6) is 2.18. The maximum Gasteiger partial charge on any atom is 0.299 e. The average Bonchev–Trinajstić information content (AvgIpc) is 3.43. The Hall–Kier alpha value is -3.03. The molecule has 8 nitrogen and oxygen atoms in total. The molecule has 1 fully saturated rings. The first-order chi connectivity index (χ1) is 14.7. The third kappa shape index (κ3) is 2.77. The van der Waals surface area contributed by atoms with E-state index in [1.165, 1.54) is 0 Å². The van der Waals surface area contributed by atoms with Gasteiger partial charge >= 0.3 is 0 Å². The minimum Gasteiger partial charge on any atom is -0.497 e. The van der Waals surface area contributed by atoms with Gasteiger partial charge in [0.05, 0.1) is 32.3 Å². The van der Waals surface area contributed by atoms with Crippen LogP contribution >= 0.6 is 0 Å². The number of anilines is 1. The van der Waals surface area contributed by atoms with Crippen LogP contribution in [0.3, 0.4) is 0 Å². The van der Waals surface area contributed by atoms with E-state index in [2.05, 4.69) is 4.90 Å². The molecule has 5 rings (SSSR count). The maximum atomic E-state index is 13.5. The van der Waals surface area contributed by atoms with Crippen molar-refractivity contribution in [1.82, 2.24) is 14.5 Å². The highest BCUT2D eigenvalue weighted by molar-refractivity contribution is 6.18. The van der Waals surface area contributed by atoms with Crippen LogP contribution < -0.4 is 14.4 Å². The van der Waals surface area contributed by atoms with Crippen molar-refractivity contribution in [1.29, 1.82) is 0 Å². The van der Waals surface area contributed by atoms with Crippen molar-refractivity contribution in [3.05, 3.63) is 35.5 Å². The Kier molecular flexibility index (Phi) is 4.64. The second-order valence-electron chi connectivity index (χ2n) is 7.85. The largest absolute Gasteiger partial charge is 0.497 e. The van der Waals surface area contributed by atoms with Gasteiger partial charge in [0, 0.05) is 6.54 Å². The summed E-state index contributed by atoms with van der Waals surface area (Å²) in [6.07, 6.45) is 3.29. The minimum absolute atomic E-state index is 0.0607. The summed E-state index contributed by atoms with van der Waals surface area (Å²) in [5, 5.41) is 0. The van der Waals surface area contributed by atoms with E-state index in [4.69, 9.17) is 19.5 Å². The molecule has 3 heterocycles. The van der Waals surface area contributed by atoms with Crippen LogP contribution in [-0.2, 0) is 6.54 Å². The number of benzene rings is 1. The molecule has 0 N–H and O–H groups in total. The van der Waals surface area contributed by atoms with Crippen LogP contribution in [-0.4, -0.2) is 58.7 Å². The van der Waals surface area contributed by atoms with Gasteiger partial charge in [-0.15, -0.1) is 0 Å². The molecule has 1 amide bonds. The number of hydrogen-bond acceptors (Lipinski definition) is 6. The maximum absolute atomic E-state index is 13.5. The van der Waals surface area contributed by atoms with E-state index in [1.54, 1.807) is 12.0 Å². The van der Waals surface area contributed by atoms with Crippen LogP contribution in [0.2, 0.25) is 0 Å². The van der Waals surface area contributed by atoms with E-state index in [1.807, 2.05) is 42.7 Å². The number of imidazole rings is 1. The second kappa shape index (κ2) is 7.34. The Balaban J connectivity index is 1.61. The van der Waals surface area contributed by atoms with E-state index in [0.29, 0.717) is 37.2 Å². The Morgan fingerprint density at radius 2 is 1.97 bits per heavy atom. The van der Waals surface area contributed by atoms with Crippen molar-refractivity contribution in [2.24, 2.45) is 4.99 Å². The second-order valence-corrected chi connectivity index (χ2v) is 7.85. The number of guanidine groups is 1. The molecule has 30 heavy (non-hydrogen) atoms. The van der Waals surface area contributed by atoms with Crippen LogP contribution in [0.1, 0.15) is 49.2 Å². The van der Waals surface area contributed by atoms with Gasteiger partial charge in [-0.25, -0.2) is 4.99 Å². The number of methoxy groups -OCH3 is 1. The molecule has 0 bridgehead atoms. The van der Waals surface area contributed by atoms with Crippen molar-refractivity contribution < 1.29 is 14.3 Å². The summed E-state index contributed by atoms with van der Waals surface area (Å²) in [6.45, 7) is 5.48. The van der Waals surface area contributed by atoms with E-state index in [9.17, 15) is 4.79 Å². The fourth-order valence-electron chi connectivity index (χ4n) is 4.79. The van der Waals surface area contributed by atoms with Crippen molar-refractivity contribution in [2.45, 2.75) is 51.7 Å². The lowest BCUT2D eigenvalue weighted by Gasteiger charge is -2.35. The molecular formula is C22H27N5O3. The van der Waals surface area contributed by atoms with Crippen molar-refractivity contribution in [3.63, 3.8) is 0 Å². The Morgan fingerprint density at radius 1 is 1.17 bits per heavy atom. The minimum atomic E-state index is -0.0607. The number of carbonyl (C=O) groups is 1. The van der Waals surface area contributed by atoms with Gasteiger partial charge in [0.25, 0.3) is 11.9 Å². The first-order valence-corrected chi connectivity index (χ1v) is 10.7. The number of amides is 1. The van der Waals surface area contributed by atoms with E-state index >= 15 is 0 Å². The molecule has 2 aromatic rings. The van der Waals surface area contributed by atoms with Gasteiger partial charge in [-0.2, -0.15) is 4.98 Å². The highest BCUT2D eigenvalue weighted by Gasteiger charge is 2.49. The van der Waals surface area contributed by atoms with Crippen LogP contribution in [0.4, 0.5) is 5.82 Å². The summed E-state index contributed by atoms with van der Waals surface area (Å²) in [5.41, 5.74) is 1.63. The lowest BCUT2D eigenvalue weighted by atomic mass is 10.1. The molecule has 2 aliphatic heterocycles. The number of aromatic nitrogens is 2. The lowest BCUT2D eigenvalue weighted by Crippen LogP contribution is -2.53. The average molecular weight is 409 g/mol. The first-order valence-electron chi connectivity index (χ1n) is 10.7. The Morgan fingerprint density at radius 3 is 2.67 bits per heavy atom. The smallest absolute Gasteiger partial charge is 0.299 e. The number of aliphatic imine (C=N–C) groups is 1. The molecule has 3 aliphatic rings. The third-order valence-corrected chi connectivity index (χ3v) is 6.19. The molecule has 1 aliphatic carbocycles. The van der Waals surface area contributed by atoms with Crippen LogP contribution in [0.5, 0.6) is 11.8 Å². The van der Waals surface area contributed by atoms with E-state index in [0.717, 1.165) is 36.5 Å². The monoisotopic (exact) mass is 409 g/mol. The fourth-order valence-corrected chi connectivity index (χ4v) is 4.79. The molecule has 1 aromatic carbocycles. The van der Waals surface area contributed by atoms with Gasteiger partial charge in [0.2, 0.25) is 5.96 Å².